The highest BCUT2D eigenvalue weighted by Gasteiger charge is 2.46. The Bertz CT molecular complexity index is 1870. The van der Waals surface area contributed by atoms with E-state index in [2.05, 4.69) is 63.7 Å². The number of benzene rings is 4. The monoisotopic (exact) mass is 861 g/mol. The average molecular weight is 865 g/mol. The number of hydrogen-bond donors (Lipinski definition) is 0. The van der Waals surface area contributed by atoms with Gasteiger partial charge in [0.1, 0.15) is 12.3 Å². The lowest BCUT2D eigenvalue weighted by atomic mass is 10.1. The molecule has 1 aliphatic rings. The molecule has 11 nitrogen and oxygen atoms in total. The largest absolute Gasteiger partial charge is 0.423 e. The highest BCUT2D eigenvalue weighted by atomic mass is 79.9. The van der Waals surface area contributed by atoms with Gasteiger partial charge in [0.15, 0.2) is 5.78 Å². The first-order valence-corrected chi connectivity index (χ1v) is 15.8. The molecule has 1 heterocycles. The van der Waals surface area contributed by atoms with Crippen LogP contribution in [0.25, 0.3) is 0 Å². The van der Waals surface area contributed by atoms with Gasteiger partial charge in [-0.05, 0) is 112 Å². The molecule has 0 spiro atoms. The first-order chi connectivity index (χ1) is 21.4. The van der Waals surface area contributed by atoms with Crippen molar-refractivity contribution >= 4 is 98.9 Å². The number of carbonyl (C=O) groups excluding carboxylic acids is 5. The number of ketones is 1. The molecule has 4 aromatic rings. The number of halogens is 4. The zero-order valence-electron chi connectivity index (χ0n) is 22.3. The van der Waals surface area contributed by atoms with Crippen LogP contribution >= 0.6 is 63.7 Å². The van der Waals surface area contributed by atoms with E-state index in [4.69, 9.17) is 4.74 Å². The van der Waals surface area contributed by atoms with Crippen LogP contribution in [0, 0.1) is 10.1 Å². The summed E-state index contributed by atoms with van der Waals surface area (Å²) in [7, 11) is 0. The molecule has 0 aromatic heterocycles. The van der Waals surface area contributed by atoms with E-state index in [0.29, 0.717) is 24.5 Å². The number of Topliss-reactive ketones (excluding diaryl/α,β-unsaturated/α-hetero) is 1. The fourth-order valence-corrected chi connectivity index (χ4v) is 6.80. The lowest BCUT2D eigenvalue weighted by molar-refractivity contribution is -0.384. The highest BCUT2D eigenvalue weighted by Crippen LogP contribution is 2.45. The Morgan fingerprint density at radius 1 is 0.711 bits per heavy atom. The minimum atomic E-state index is -0.938. The third-order valence-corrected chi connectivity index (χ3v) is 11.3. The molecule has 45 heavy (non-hydrogen) atoms. The molecule has 0 bridgehead atoms. The van der Waals surface area contributed by atoms with Gasteiger partial charge in [-0.3, -0.25) is 29.3 Å². The third kappa shape index (κ3) is 6.25. The summed E-state index contributed by atoms with van der Waals surface area (Å²) in [6, 6.07) is 18.3. The van der Waals surface area contributed by atoms with Gasteiger partial charge in [-0.15, -0.1) is 0 Å². The average Bonchev–Trinajstić information content (AvgIpc) is 3.31. The van der Waals surface area contributed by atoms with Crippen LogP contribution in [-0.2, 0) is 0 Å². The summed E-state index contributed by atoms with van der Waals surface area (Å²) in [4.78, 5) is 77.6. The highest BCUT2D eigenvalue weighted by molar-refractivity contribution is 9.15. The number of esters is 1. The van der Waals surface area contributed by atoms with Crippen molar-refractivity contribution in [2.75, 3.05) is 6.54 Å². The number of ether oxygens (including phenoxy) is 1. The number of nitrogens with zero attached hydrogens (tertiary/aromatic N) is 3. The standard InChI is InChI=1S/C30H15Br4N3O8/c31-23-21-22(24(32)26(34)25(23)33)29(41)36(28(21)40)35(27(39)16-6-10-18(11-7-16)37(43)44)14-20(38)15-8-12-19(13-9-15)45-30(42)17-4-2-1-3-5-17/h1-13H,14H2. The van der Waals surface area contributed by atoms with Crippen LogP contribution in [0.2, 0.25) is 0 Å². The van der Waals surface area contributed by atoms with E-state index in [1.54, 1.807) is 30.3 Å². The topological polar surface area (TPSA) is 144 Å². The van der Waals surface area contributed by atoms with Crippen molar-refractivity contribution < 1.29 is 33.6 Å². The van der Waals surface area contributed by atoms with Crippen molar-refractivity contribution in [2.24, 2.45) is 0 Å². The minimum absolute atomic E-state index is 0.0551. The Labute approximate surface area is 287 Å². The SMILES string of the molecule is O=C(CN(C(=O)c1ccc([N+](=O)[O-])cc1)N1C(=O)c2c(Br)c(Br)c(Br)c(Br)c2C1=O)c1ccc(OC(=O)c2ccccc2)cc1. The smallest absolute Gasteiger partial charge is 0.343 e. The van der Waals surface area contributed by atoms with Gasteiger partial charge < -0.3 is 4.74 Å². The molecule has 1 aliphatic heterocycles. The molecule has 4 aromatic carbocycles. The Hall–Kier alpha value is -4.05. The first kappa shape index (κ1) is 32.3. The number of nitro groups is 1. The second-order valence-electron chi connectivity index (χ2n) is 9.30. The normalized spacial score (nSPS) is 12.1. The van der Waals surface area contributed by atoms with E-state index in [9.17, 15) is 34.1 Å². The Balaban J connectivity index is 1.47. The van der Waals surface area contributed by atoms with Crippen molar-refractivity contribution in [1.29, 1.82) is 0 Å². The predicted octanol–water partition coefficient (Wildman–Crippen LogP) is 7.40. The summed E-state index contributed by atoms with van der Waals surface area (Å²) in [5.74, 6) is -3.82. The third-order valence-electron chi connectivity index (χ3n) is 6.57. The molecule has 0 N–H and O–H groups in total. The zero-order valence-corrected chi connectivity index (χ0v) is 28.7. The van der Waals surface area contributed by atoms with Crippen LogP contribution in [0.1, 0.15) is 51.8 Å². The quantitative estimate of drug-likeness (QED) is 0.0261. The van der Waals surface area contributed by atoms with Crippen LogP contribution < -0.4 is 4.74 Å². The van der Waals surface area contributed by atoms with Crippen molar-refractivity contribution in [3.8, 4) is 5.75 Å². The van der Waals surface area contributed by atoms with Gasteiger partial charge in [0, 0.05) is 41.2 Å². The number of amides is 3. The molecular weight excluding hydrogens is 850 g/mol. The summed E-state index contributed by atoms with van der Waals surface area (Å²) in [6.45, 7) is -0.762. The molecular formula is C30H15Br4N3O8. The maximum atomic E-state index is 13.8. The van der Waals surface area contributed by atoms with Crippen LogP contribution in [-0.4, -0.2) is 51.0 Å². The molecule has 15 heteroatoms. The Morgan fingerprint density at radius 3 is 1.73 bits per heavy atom. The van der Waals surface area contributed by atoms with E-state index in [1.807, 2.05) is 0 Å². The van der Waals surface area contributed by atoms with Crippen molar-refractivity contribution in [3.05, 3.63) is 135 Å². The predicted molar refractivity (Wildman–Crippen MR) is 174 cm³/mol. The van der Waals surface area contributed by atoms with Gasteiger partial charge >= 0.3 is 5.97 Å². The molecule has 0 aliphatic carbocycles. The van der Waals surface area contributed by atoms with Crippen molar-refractivity contribution in [3.63, 3.8) is 0 Å². The van der Waals surface area contributed by atoms with Crippen LogP contribution in [0.3, 0.4) is 0 Å². The molecule has 226 valence electrons. The lowest BCUT2D eigenvalue weighted by Gasteiger charge is -2.29. The molecule has 0 unspecified atom stereocenters. The number of non-ortho nitro benzene ring substituents is 1. The molecule has 3 amide bonds. The van der Waals surface area contributed by atoms with Gasteiger partial charge in [0.2, 0.25) is 0 Å². The van der Waals surface area contributed by atoms with E-state index in [1.165, 1.54) is 24.3 Å². The molecule has 0 fully saturated rings. The number of carbonyl (C=O) groups is 5. The first-order valence-electron chi connectivity index (χ1n) is 12.6. The van der Waals surface area contributed by atoms with Crippen molar-refractivity contribution in [2.45, 2.75) is 0 Å². The summed E-state index contributed by atoms with van der Waals surface area (Å²) in [5, 5.41) is 12.4. The van der Waals surface area contributed by atoms with Crippen LogP contribution in [0.15, 0.2) is 96.8 Å². The number of nitro benzene ring substituents is 1. The fourth-order valence-electron chi connectivity index (χ4n) is 4.34. The Morgan fingerprint density at radius 2 is 1.22 bits per heavy atom. The van der Waals surface area contributed by atoms with Crippen LogP contribution in [0.5, 0.6) is 5.75 Å². The lowest BCUT2D eigenvalue weighted by Crippen LogP contribution is -2.51. The number of imide groups is 1. The van der Waals surface area contributed by atoms with Gasteiger partial charge in [-0.2, -0.15) is 5.01 Å². The number of hydrazine groups is 1. The van der Waals surface area contributed by atoms with E-state index >= 15 is 0 Å². The van der Waals surface area contributed by atoms with Crippen molar-refractivity contribution in [1.82, 2.24) is 10.0 Å². The second kappa shape index (κ2) is 13.1. The van der Waals surface area contributed by atoms with Gasteiger partial charge in [-0.25, -0.2) is 9.80 Å². The molecule has 0 atom stereocenters. The number of fused-ring (bicyclic) bond motifs is 1. The van der Waals surface area contributed by atoms with Crippen LogP contribution in [0.4, 0.5) is 5.69 Å². The van der Waals surface area contributed by atoms with E-state index in [-0.39, 0.29) is 42.6 Å². The maximum absolute atomic E-state index is 13.8. The van der Waals surface area contributed by atoms with E-state index in [0.717, 1.165) is 24.3 Å². The summed E-state index contributed by atoms with van der Waals surface area (Å²) in [6.07, 6.45) is 0. The van der Waals surface area contributed by atoms with Gasteiger partial charge in [0.05, 0.1) is 21.6 Å². The molecule has 0 radical (unpaired) electrons. The van der Waals surface area contributed by atoms with E-state index < -0.39 is 40.9 Å². The molecule has 5 rings (SSSR count). The fraction of sp³-hybridized carbons (Fsp3) is 0.0333. The minimum Gasteiger partial charge on any atom is -0.423 e. The number of hydrogen-bond acceptors (Lipinski definition) is 8. The summed E-state index contributed by atoms with van der Waals surface area (Å²) in [5.41, 5.74) is -0.100. The Kier molecular flexibility index (Phi) is 9.44. The van der Waals surface area contributed by atoms with Gasteiger partial charge in [-0.1, -0.05) is 18.2 Å². The summed E-state index contributed by atoms with van der Waals surface area (Å²) < 4.78 is 6.68. The summed E-state index contributed by atoms with van der Waals surface area (Å²) >= 11 is 13.3. The maximum Gasteiger partial charge on any atom is 0.343 e. The van der Waals surface area contributed by atoms with Gasteiger partial charge in [0.25, 0.3) is 23.4 Å². The second-order valence-corrected chi connectivity index (χ2v) is 12.5. The molecule has 0 saturated carbocycles. The molecule has 0 saturated heterocycles. The zero-order chi connectivity index (χ0) is 32.6. The number of rotatable bonds is 8.